The standard InChI is InChI=1S/C23H27N3O3S2/c1-17(2)23(21-13-8-14-30-21)24-16-22(27)25-18-9-7-12-20(15-18)31(28,29)26(3)19-10-5-4-6-11-19/h4-15,17,23-24H,16H2,1-3H3,(H,25,27). The summed E-state index contributed by atoms with van der Waals surface area (Å²) in [6.45, 7) is 4.33. The lowest BCUT2D eigenvalue weighted by atomic mass is 10.0. The molecule has 0 aliphatic rings. The molecule has 0 aliphatic carbocycles. The minimum absolute atomic E-state index is 0.0805. The van der Waals surface area contributed by atoms with Crippen molar-refractivity contribution in [2.45, 2.75) is 24.8 Å². The van der Waals surface area contributed by atoms with Crippen LogP contribution in [0.15, 0.2) is 77.0 Å². The molecular formula is C23H27N3O3S2. The highest BCUT2D eigenvalue weighted by molar-refractivity contribution is 7.92. The molecular weight excluding hydrogens is 430 g/mol. The summed E-state index contributed by atoms with van der Waals surface area (Å²) in [5, 5.41) is 8.11. The number of carbonyl (C=O) groups excluding carboxylic acids is 1. The van der Waals surface area contributed by atoms with E-state index in [0.29, 0.717) is 17.3 Å². The normalized spacial score (nSPS) is 12.5. The molecule has 8 heteroatoms. The molecule has 1 heterocycles. The third-order valence-electron chi connectivity index (χ3n) is 4.89. The smallest absolute Gasteiger partial charge is 0.264 e. The quantitative estimate of drug-likeness (QED) is 0.496. The van der Waals surface area contributed by atoms with Gasteiger partial charge >= 0.3 is 0 Å². The average molecular weight is 458 g/mol. The van der Waals surface area contributed by atoms with Crippen LogP contribution >= 0.6 is 11.3 Å². The second-order valence-electron chi connectivity index (χ2n) is 7.50. The predicted molar refractivity (Wildman–Crippen MR) is 127 cm³/mol. The molecule has 0 saturated heterocycles. The van der Waals surface area contributed by atoms with Crippen LogP contribution in [0.2, 0.25) is 0 Å². The number of benzene rings is 2. The molecule has 0 saturated carbocycles. The van der Waals surface area contributed by atoms with Crippen molar-refractivity contribution in [1.82, 2.24) is 5.32 Å². The monoisotopic (exact) mass is 457 g/mol. The molecule has 3 aromatic rings. The van der Waals surface area contributed by atoms with Gasteiger partial charge in [0.2, 0.25) is 5.91 Å². The van der Waals surface area contributed by atoms with Crippen LogP contribution in [0.5, 0.6) is 0 Å². The summed E-state index contributed by atoms with van der Waals surface area (Å²) in [6, 6.07) is 19.3. The highest BCUT2D eigenvalue weighted by Gasteiger charge is 2.22. The van der Waals surface area contributed by atoms with Gasteiger partial charge in [-0.05, 0) is 47.7 Å². The molecule has 164 valence electrons. The molecule has 3 rings (SSSR count). The number of nitrogens with zero attached hydrogens (tertiary/aromatic N) is 1. The number of anilines is 2. The van der Waals surface area contributed by atoms with Gasteiger partial charge in [0.1, 0.15) is 0 Å². The van der Waals surface area contributed by atoms with Crippen LogP contribution in [0.3, 0.4) is 0 Å². The summed E-state index contributed by atoms with van der Waals surface area (Å²) in [4.78, 5) is 13.8. The Labute approximate surface area is 188 Å². The lowest BCUT2D eigenvalue weighted by molar-refractivity contribution is -0.115. The first-order valence-corrected chi connectivity index (χ1v) is 12.3. The first kappa shape index (κ1) is 23.0. The van der Waals surface area contributed by atoms with Gasteiger partial charge in [0, 0.05) is 23.7 Å². The number of nitrogens with one attached hydrogen (secondary N) is 2. The van der Waals surface area contributed by atoms with E-state index >= 15 is 0 Å². The van der Waals surface area contributed by atoms with E-state index in [1.807, 2.05) is 17.5 Å². The molecule has 0 bridgehead atoms. The summed E-state index contributed by atoms with van der Waals surface area (Å²) in [7, 11) is -2.24. The van der Waals surface area contributed by atoms with Crippen LogP contribution in [0.4, 0.5) is 11.4 Å². The van der Waals surface area contributed by atoms with E-state index in [-0.39, 0.29) is 23.4 Å². The third-order valence-corrected chi connectivity index (χ3v) is 7.63. The Morgan fingerprint density at radius 1 is 1.03 bits per heavy atom. The van der Waals surface area contributed by atoms with E-state index in [0.717, 1.165) is 0 Å². The van der Waals surface area contributed by atoms with Crippen molar-refractivity contribution in [1.29, 1.82) is 0 Å². The molecule has 0 fully saturated rings. The largest absolute Gasteiger partial charge is 0.325 e. The van der Waals surface area contributed by atoms with Crippen molar-refractivity contribution in [3.63, 3.8) is 0 Å². The Hall–Kier alpha value is -2.68. The fraction of sp³-hybridized carbons (Fsp3) is 0.261. The van der Waals surface area contributed by atoms with Crippen LogP contribution in [0, 0.1) is 5.92 Å². The molecule has 1 amide bonds. The molecule has 2 aromatic carbocycles. The van der Waals surface area contributed by atoms with Gasteiger partial charge in [-0.15, -0.1) is 11.3 Å². The Bertz CT molecular complexity index is 1100. The number of carbonyl (C=O) groups is 1. The molecule has 1 aromatic heterocycles. The lowest BCUT2D eigenvalue weighted by Crippen LogP contribution is -2.33. The first-order valence-electron chi connectivity index (χ1n) is 9.99. The molecule has 0 radical (unpaired) electrons. The molecule has 1 unspecified atom stereocenters. The number of amides is 1. The minimum Gasteiger partial charge on any atom is -0.325 e. The number of rotatable bonds is 9. The highest BCUT2D eigenvalue weighted by atomic mass is 32.2. The second kappa shape index (κ2) is 10.1. The van der Waals surface area contributed by atoms with Crippen molar-refractivity contribution in [3.8, 4) is 0 Å². The third kappa shape index (κ3) is 5.72. The van der Waals surface area contributed by atoms with Gasteiger partial charge in [0.25, 0.3) is 10.0 Å². The van der Waals surface area contributed by atoms with Gasteiger partial charge in [0.05, 0.1) is 17.1 Å². The molecule has 0 aliphatic heterocycles. The maximum Gasteiger partial charge on any atom is 0.264 e. The van der Waals surface area contributed by atoms with Gasteiger partial charge in [-0.1, -0.05) is 44.2 Å². The van der Waals surface area contributed by atoms with Crippen LogP contribution in [-0.4, -0.2) is 27.9 Å². The zero-order valence-electron chi connectivity index (χ0n) is 17.8. The van der Waals surface area contributed by atoms with Crippen molar-refractivity contribution < 1.29 is 13.2 Å². The highest BCUT2D eigenvalue weighted by Crippen LogP contribution is 2.26. The Balaban J connectivity index is 1.68. The number of thiophene rings is 1. The summed E-state index contributed by atoms with van der Waals surface area (Å²) in [6.07, 6.45) is 0. The zero-order chi connectivity index (χ0) is 22.4. The lowest BCUT2D eigenvalue weighted by Gasteiger charge is -2.21. The average Bonchev–Trinajstić information content (AvgIpc) is 3.28. The Morgan fingerprint density at radius 3 is 2.42 bits per heavy atom. The van der Waals surface area contributed by atoms with E-state index in [1.54, 1.807) is 47.7 Å². The maximum atomic E-state index is 13.0. The van der Waals surface area contributed by atoms with Crippen LogP contribution in [0.25, 0.3) is 0 Å². The zero-order valence-corrected chi connectivity index (χ0v) is 19.4. The van der Waals surface area contributed by atoms with Crippen LogP contribution in [-0.2, 0) is 14.8 Å². The summed E-state index contributed by atoms with van der Waals surface area (Å²) >= 11 is 1.65. The van der Waals surface area contributed by atoms with E-state index < -0.39 is 10.0 Å². The van der Waals surface area contributed by atoms with Crippen molar-refractivity contribution in [2.24, 2.45) is 5.92 Å². The van der Waals surface area contributed by atoms with Gasteiger partial charge in [-0.3, -0.25) is 9.10 Å². The Morgan fingerprint density at radius 2 is 1.77 bits per heavy atom. The van der Waals surface area contributed by atoms with E-state index in [2.05, 4.69) is 30.5 Å². The van der Waals surface area contributed by atoms with Gasteiger partial charge in [0.15, 0.2) is 0 Å². The van der Waals surface area contributed by atoms with E-state index in [9.17, 15) is 13.2 Å². The Kier molecular flexibility index (Phi) is 7.48. The molecule has 0 spiro atoms. The van der Waals surface area contributed by atoms with Gasteiger partial charge in [-0.25, -0.2) is 8.42 Å². The summed E-state index contributed by atoms with van der Waals surface area (Å²) < 4.78 is 27.2. The summed E-state index contributed by atoms with van der Waals surface area (Å²) in [5.74, 6) is 0.0987. The second-order valence-corrected chi connectivity index (χ2v) is 10.5. The predicted octanol–water partition coefficient (Wildman–Crippen LogP) is 4.50. The van der Waals surface area contributed by atoms with Gasteiger partial charge < -0.3 is 10.6 Å². The molecule has 1 atom stereocenters. The van der Waals surface area contributed by atoms with Gasteiger partial charge in [-0.2, -0.15) is 0 Å². The number of hydrogen-bond donors (Lipinski definition) is 2. The van der Waals surface area contributed by atoms with Crippen molar-refractivity contribution in [3.05, 3.63) is 77.0 Å². The maximum absolute atomic E-state index is 13.0. The van der Waals surface area contributed by atoms with E-state index in [1.165, 1.54) is 28.4 Å². The molecule has 2 N–H and O–H groups in total. The first-order chi connectivity index (χ1) is 14.8. The van der Waals surface area contributed by atoms with Crippen molar-refractivity contribution >= 4 is 38.6 Å². The van der Waals surface area contributed by atoms with Crippen molar-refractivity contribution in [2.75, 3.05) is 23.2 Å². The molecule has 6 nitrogen and oxygen atoms in total. The number of para-hydroxylation sites is 1. The van der Waals surface area contributed by atoms with E-state index in [4.69, 9.17) is 0 Å². The fourth-order valence-electron chi connectivity index (χ4n) is 3.21. The number of hydrogen-bond acceptors (Lipinski definition) is 5. The van der Waals surface area contributed by atoms with Crippen LogP contribution < -0.4 is 14.9 Å². The summed E-state index contributed by atoms with van der Waals surface area (Å²) in [5.41, 5.74) is 1.00. The SMILES string of the molecule is CC(C)C(NCC(=O)Nc1cccc(S(=O)(=O)N(C)c2ccccc2)c1)c1cccs1. The molecule has 31 heavy (non-hydrogen) atoms. The number of sulfonamides is 1. The van der Waals surface area contributed by atoms with Crippen LogP contribution in [0.1, 0.15) is 24.8 Å². The fourth-order valence-corrected chi connectivity index (χ4v) is 5.43. The minimum atomic E-state index is -3.75. The topological polar surface area (TPSA) is 78.5 Å².